The number of rotatable bonds is 4. The van der Waals surface area contributed by atoms with Crippen LogP contribution in [0, 0.1) is 10.1 Å². The fraction of sp³-hybridized carbons (Fsp3) is 0.0667. The number of hydrogen-bond donors (Lipinski definition) is 1. The lowest BCUT2D eigenvalue weighted by molar-refractivity contribution is -0.384. The monoisotopic (exact) mass is 361 g/mol. The van der Waals surface area contributed by atoms with Crippen LogP contribution in [0.4, 0.5) is 5.69 Å². The Kier molecular flexibility index (Phi) is 5.00. The summed E-state index contributed by atoms with van der Waals surface area (Å²) in [6.07, 6.45) is 0. The number of carbonyl (C=O) groups excluding carboxylic acids is 1. The third-order valence-corrected chi connectivity index (χ3v) is 3.40. The number of hydrogen-bond acceptors (Lipinski definition) is 4. The molecule has 0 atom stereocenters. The second kappa shape index (κ2) is 6.95. The van der Waals surface area contributed by atoms with Crippen LogP contribution in [0.3, 0.4) is 0 Å². The van der Waals surface area contributed by atoms with Crippen molar-refractivity contribution in [2.75, 3.05) is 0 Å². The van der Waals surface area contributed by atoms with Crippen molar-refractivity contribution in [3.8, 4) is 0 Å². The van der Waals surface area contributed by atoms with E-state index in [4.69, 9.17) is 0 Å². The van der Waals surface area contributed by atoms with Crippen LogP contribution in [-0.2, 0) is 0 Å². The zero-order chi connectivity index (χ0) is 16.1. The molecule has 0 aliphatic heterocycles. The fourth-order valence-electron chi connectivity index (χ4n) is 1.71. The molecule has 1 amide bonds. The van der Waals surface area contributed by atoms with E-state index in [1.165, 1.54) is 24.3 Å². The molecule has 0 saturated carbocycles. The highest BCUT2D eigenvalue weighted by molar-refractivity contribution is 9.10. The molecule has 0 heterocycles. The quantitative estimate of drug-likeness (QED) is 0.513. The third-order valence-electron chi connectivity index (χ3n) is 2.91. The van der Waals surface area contributed by atoms with Gasteiger partial charge in [-0.1, -0.05) is 28.1 Å². The molecular weight excluding hydrogens is 350 g/mol. The van der Waals surface area contributed by atoms with E-state index >= 15 is 0 Å². The van der Waals surface area contributed by atoms with E-state index in [2.05, 4.69) is 26.5 Å². The number of non-ortho nitro benzene ring substituents is 1. The molecule has 6 nitrogen and oxygen atoms in total. The molecule has 0 unspecified atom stereocenters. The highest BCUT2D eigenvalue weighted by Gasteiger charge is 2.09. The van der Waals surface area contributed by atoms with E-state index in [0.717, 1.165) is 10.0 Å². The Morgan fingerprint density at radius 3 is 2.45 bits per heavy atom. The number of nitrogens with zero attached hydrogens (tertiary/aromatic N) is 2. The van der Waals surface area contributed by atoms with Crippen LogP contribution in [0.5, 0.6) is 0 Å². The molecule has 7 heteroatoms. The summed E-state index contributed by atoms with van der Waals surface area (Å²) in [6.45, 7) is 1.78. The Hall–Kier alpha value is -2.54. The summed E-state index contributed by atoms with van der Waals surface area (Å²) in [5, 5.41) is 14.6. The van der Waals surface area contributed by atoms with Crippen molar-refractivity contribution in [1.82, 2.24) is 5.43 Å². The summed E-state index contributed by atoms with van der Waals surface area (Å²) in [5.74, 6) is -0.427. The fourth-order valence-corrected chi connectivity index (χ4v) is 2.11. The molecule has 2 aromatic carbocycles. The van der Waals surface area contributed by atoms with E-state index in [9.17, 15) is 14.9 Å². The molecule has 0 radical (unpaired) electrons. The van der Waals surface area contributed by atoms with E-state index in [1.807, 2.05) is 24.3 Å². The molecule has 0 saturated heterocycles. The van der Waals surface area contributed by atoms with Crippen molar-refractivity contribution in [2.24, 2.45) is 5.10 Å². The van der Waals surface area contributed by atoms with E-state index in [-0.39, 0.29) is 5.69 Å². The zero-order valence-electron chi connectivity index (χ0n) is 11.6. The summed E-state index contributed by atoms with van der Waals surface area (Å²) in [7, 11) is 0. The van der Waals surface area contributed by atoms with Crippen molar-refractivity contribution < 1.29 is 9.72 Å². The van der Waals surface area contributed by atoms with Gasteiger partial charge in [-0.25, -0.2) is 5.43 Å². The summed E-state index contributed by atoms with van der Waals surface area (Å²) in [5.41, 5.74) is 4.19. The zero-order valence-corrected chi connectivity index (χ0v) is 13.2. The van der Waals surface area contributed by atoms with Gasteiger partial charge in [0.1, 0.15) is 0 Å². The van der Waals surface area contributed by atoms with Crippen LogP contribution in [0.15, 0.2) is 58.1 Å². The molecule has 2 aromatic rings. The van der Waals surface area contributed by atoms with Gasteiger partial charge in [-0.2, -0.15) is 5.10 Å². The summed E-state index contributed by atoms with van der Waals surface area (Å²) in [6, 6.07) is 12.9. The standard InChI is InChI=1S/C15H12BrN3O3/c1-10(12-3-2-4-13(16)9-12)17-18-15(20)11-5-7-14(8-6-11)19(21)22/h2-9H,1H3,(H,18,20). The predicted molar refractivity (Wildman–Crippen MR) is 86.9 cm³/mol. The average Bonchev–Trinajstić information content (AvgIpc) is 2.52. The number of nitro groups is 1. The van der Waals surface area contributed by atoms with Crippen LogP contribution in [-0.4, -0.2) is 16.5 Å². The van der Waals surface area contributed by atoms with E-state index < -0.39 is 10.8 Å². The van der Waals surface area contributed by atoms with Gasteiger partial charge < -0.3 is 0 Å². The first-order valence-electron chi connectivity index (χ1n) is 6.32. The van der Waals surface area contributed by atoms with Crippen molar-refractivity contribution in [3.63, 3.8) is 0 Å². The number of halogens is 1. The molecule has 0 aliphatic carbocycles. The van der Waals surface area contributed by atoms with Gasteiger partial charge in [-0.3, -0.25) is 14.9 Å². The largest absolute Gasteiger partial charge is 0.271 e. The predicted octanol–water partition coefficient (Wildman–Crippen LogP) is 3.51. The lowest BCUT2D eigenvalue weighted by Crippen LogP contribution is -2.19. The summed E-state index contributed by atoms with van der Waals surface area (Å²) < 4.78 is 0.918. The highest BCUT2D eigenvalue weighted by atomic mass is 79.9. The molecule has 22 heavy (non-hydrogen) atoms. The van der Waals surface area contributed by atoms with Crippen LogP contribution < -0.4 is 5.43 Å². The lowest BCUT2D eigenvalue weighted by atomic mass is 10.1. The van der Waals surface area contributed by atoms with Gasteiger partial charge in [-0.15, -0.1) is 0 Å². The van der Waals surface area contributed by atoms with Crippen LogP contribution in [0.2, 0.25) is 0 Å². The first-order chi connectivity index (χ1) is 10.5. The Bertz CT molecular complexity index is 742. The van der Waals surface area contributed by atoms with Gasteiger partial charge in [0.25, 0.3) is 11.6 Å². The number of amides is 1. The van der Waals surface area contributed by atoms with Gasteiger partial charge in [0.05, 0.1) is 10.6 Å². The molecule has 0 aromatic heterocycles. The maximum absolute atomic E-state index is 11.9. The van der Waals surface area contributed by atoms with Crippen LogP contribution >= 0.6 is 15.9 Å². The van der Waals surface area contributed by atoms with E-state index in [1.54, 1.807) is 6.92 Å². The Morgan fingerprint density at radius 2 is 1.86 bits per heavy atom. The van der Waals surface area contributed by atoms with Gasteiger partial charge >= 0.3 is 0 Å². The number of hydrazone groups is 1. The van der Waals surface area contributed by atoms with Gasteiger partial charge in [0.15, 0.2) is 0 Å². The van der Waals surface area contributed by atoms with Gasteiger partial charge in [0.2, 0.25) is 0 Å². The molecule has 0 aliphatic rings. The average molecular weight is 362 g/mol. The van der Waals surface area contributed by atoms with Crippen LogP contribution in [0.1, 0.15) is 22.8 Å². The molecule has 2 rings (SSSR count). The second-order valence-corrected chi connectivity index (χ2v) is 5.37. The third kappa shape index (κ3) is 3.98. The van der Waals surface area contributed by atoms with Crippen molar-refractivity contribution in [2.45, 2.75) is 6.92 Å². The second-order valence-electron chi connectivity index (χ2n) is 4.45. The number of benzene rings is 2. The lowest BCUT2D eigenvalue weighted by Gasteiger charge is -2.03. The Morgan fingerprint density at radius 1 is 1.18 bits per heavy atom. The highest BCUT2D eigenvalue weighted by Crippen LogP contribution is 2.13. The van der Waals surface area contributed by atoms with E-state index in [0.29, 0.717) is 11.3 Å². The first kappa shape index (κ1) is 15.8. The number of nitro benzene ring substituents is 1. The topological polar surface area (TPSA) is 84.6 Å². The first-order valence-corrected chi connectivity index (χ1v) is 7.11. The van der Waals surface area contributed by atoms with Crippen LogP contribution in [0.25, 0.3) is 0 Å². The summed E-state index contributed by atoms with van der Waals surface area (Å²) >= 11 is 3.37. The van der Waals surface area contributed by atoms with Gasteiger partial charge in [0, 0.05) is 22.2 Å². The molecule has 0 spiro atoms. The molecule has 1 N–H and O–H groups in total. The summed E-state index contributed by atoms with van der Waals surface area (Å²) in [4.78, 5) is 22.0. The normalized spacial score (nSPS) is 11.1. The SMILES string of the molecule is CC(=NNC(=O)c1ccc([N+](=O)[O-])cc1)c1cccc(Br)c1. The maximum Gasteiger partial charge on any atom is 0.271 e. The minimum Gasteiger partial charge on any atom is -0.267 e. The number of nitrogens with one attached hydrogen (secondary N) is 1. The van der Waals surface area contributed by atoms with Crippen molar-refractivity contribution in [3.05, 3.63) is 74.2 Å². The Labute approximate surface area is 135 Å². The molecule has 0 fully saturated rings. The maximum atomic E-state index is 11.9. The molecular formula is C15H12BrN3O3. The minimum atomic E-state index is -0.517. The smallest absolute Gasteiger partial charge is 0.267 e. The minimum absolute atomic E-state index is 0.0645. The van der Waals surface area contributed by atoms with Gasteiger partial charge in [-0.05, 0) is 36.8 Å². The Balaban J connectivity index is 2.08. The molecule has 0 bridgehead atoms. The molecule has 112 valence electrons. The van der Waals surface area contributed by atoms with Crippen molar-refractivity contribution >= 4 is 33.2 Å². The van der Waals surface area contributed by atoms with Crippen molar-refractivity contribution in [1.29, 1.82) is 0 Å². The number of carbonyl (C=O) groups is 1.